The third kappa shape index (κ3) is 2.43. The molecule has 0 spiro atoms. The van der Waals surface area contributed by atoms with E-state index in [0.29, 0.717) is 0 Å². The average Bonchev–Trinajstić information content (AvgIpc) is 2.54. The van der Waals surface area contributed by atoms with E-state index in [1.165, 1.54) is 0 Å². The van der Waals surface area contributed by atoms with Crippen LogP contribution in [0.4, 0.5) is 0 Å². The Bertz CT molecular complexity index is 812. The van der Waals surface area contributed by atoms with Gasteiger partial charge in [-0.15, -0.1) is 0 Å². The van der Waals surface area contributed by atoms with Gasteiger partial charge in [0.1, 0.15) is 53.0 Å². The van der Waals surface area contributed by atoms with Gasteiger partial charge < -0.3 is 39.8 Å². The number of rotatable bonds is 2. The Balaban J connectivity index is 2.18. The molecule has 130 valence electrons. The molecule has 1 aliphatic rings. The Morgan fingerprint density at radius 3 is 2.46 bits per heavy atom. The van der Waals surface area contributed by atoms with Crippen molar-refractivity contribution in [1.29, 1.82) is 0 Å². The van der Waals surface area contributed by atoms with Crippen molar-refractivity contribution in [2.45, 2.75) is 30.5 Å². The predicted octanol–water partition coefficient (Wildman–Crippen LogP) is -1.28. The van der Waals surface area contributed by atoms with Crippen molar-refractivity contribution in [1.82, 2.24) is 0 Å². The first kappa shape index (κ1) is 16.7. The van der Waals surface area contributed by atoms with E-state index in [1.54, 1.807) is 0 Å². The Morgan fingerprint density at radius 1 is 1.08 bits per heavy atom. The molecule has 0 amide bonds. The van der Waals surface area contributed by atoms with Gasteiger partial charge in [0.25, 0.3) is 0 Å². The number of phenols is 2. The quantitative estimate of drug-likeness (QED) is 0.391. The van der Waals surface area contributed by atoms with Crippen LogP contribution >= 0.6 is 0 Å². The van der Waals surface area contributed by atoms with Crippen LogP contribution in [-0.2, 0) is 4.74 Å². The van der Waals surface area contributed by atoms with Gasteiger partial charge in [-0.1, -0.05) is 0 Å². The molecular weight excluding hydrogens is 324 g/mol. The number of aliphatic hydroxyl groups is 4. The molecule has 1 aliphatic heterocycles. The maximum absolute atomic E-state index is 11.9. The number of hydrogen-bond donors (Lipinski definition) is 6. The summed E-state index contributed by atoms with van der Waals surface area (Å²) in [7, 11) is 0. The summed E-state index contributed by atoms with van der Waals surface area (Å²) in [5.74, 6) is -1.22. The normalized spacial score (nSPS) is 30.6. The van der Waals surface area contributed by atoms with Crippen LogP contribution in [-0.4, -0.2) is 61.7 Å². The molecule has 0 unspecified atom stereocenters. The first-order valence-electron chi connectivity index (χ1n) is 7.13. The molecule has 5 atom stereocenters. The van der Waals surface area contributed by atoms with E-state index >= 15 is 0 Å². The SMILES string of the molecule is O=c1ccoc2cc(O)c([C@H]3O[C@@H](CO)[C@@H](O)[C@@H](O)[C@@H]3O)c(O)c12. The minimum absolute atomic E-state index is 0.0779. The largest absolute Gasteiger partial charge is 0.507 e. The standard InChI is InChI=1S/C15H16O9/c16-4-8-11(19)13(21)14(22)15(24-8)10-6(18)3-7-9(12(10)20)5(17)1-2-23-7/h1-3,8,11,13-16,18-22H,4H2/t8-,11+,13+,14-,15+/m0/s1. The van der Waals surface area contributed by atoms with Crippen LogP contribution in [0.1, 0.15) is 11.7 Å². The third-order valence-electron chi connectivity index (χ3n) is 4.12. The molecule has 2 aromatic rings. The number of aliphatic hydroxyl groups excluding tert-OH is 4. The van der Waals surface area contributed by atoms with Gasteiger partial charge in [0.05, 0.1) is 18.4 Å². The second-order valence-corrected chi connectivity index (χ2v) is 5.57. The lowest BCUT2D eigenvalue weighted by atomic mass is 9.89. The number of aromatic hydroxyl groups is 2. The van der Waals surface area contributed by atoms with Crippen LogP contribution in [0.5, 0.6) is 11.5 Å². The monoisotopic (exact) mass is 340 g/mol. The minimum Gasteiger partial charge on any atom is -0.507 e. The van der Waals surface area contributed by atoms with Crippen LogP contribution in [0.2, 0.25) is 0 Å². The number of fused-ring (bicyclic) bond motifs is 1. The van der Waals surface area contributed by atoms with E-state index in [2.05, 4.69) is 0 Å². The molecule has 24 heavy (non-hydrogen) atoms. The molecule has 9 heteroatoms. The Hall–Kier alpha value is -2.17. The van der Waals surface area contributed by atoms with Gasteiger partial charge in [0.2, 0.25) is 0 Å². The second-order valence-electron chi connectivity index (χ2n) is 5.57. The van der Waals surface area contributed by atoms with Crippen molar-refractivity contribution in [3.8, 4) is 11.5 Å². The van der Waals surface area contributed by atoms with Crippen LogP contribution < -0.4 is 5.43 Å². The molecule has 9 nitrogen and oxygen atoms in total. The van der Waals surface area contributed by atoms with Gasteiger partial charge in [0, 0.05) is 12.1 Å². The summed E-state index contributed by atoms with van der Waals surface area (Å²) in [6.07, 6.45) is -6.61. The van der Waals surface area contributed by atoms with Crippen molar-refractivity contribution in [2.24, 2.45) is 0 Å². The smallest absolute Gasteiger partial charge is 0.196 e. The summed E-state index contributed by atoms with van der Waals surface area (Å²) in [5.41, 5.74) is -1.01. The Labute approximate surface area is 134 Å². The Kier molecular flexibility index (Phi) is 4.20. The molecule has 0 bridgehead atoms. The van der Waals surface area contributed by atoms with Crippen molar-refractivity contribution >= 4 is 11.0 Å². The lowest BCUT2D eigenvalue weighted by Gasteiger charge is -2.40. The first-order chi connectivity index (χ1) is 11.4. The lowest BCUT2D eigenvalue weighted by molar-refractivity contribution is -0.232. The van der Waals surface area contributed by atoms with E-state index < -0.39 is 54.1 Å². The first-order valence-corrected chi connectivity index (χ1v) is 7.13. The molecule has 6 N–H and O–H groups in total. The van der Waals surface area contributed by atoms with Gasteiger partial charge >= 0.3 is 0 Å². The molecule has 1 aromatic carbocycles. The highest BCUT2D eigenvalue weighted by Crippen LogP contribution is 2.43. The summed E-state index contributed by atoms with van der Waals surface area (Å²) in [6, 6.07) is 2.13. The highest BCUT2D eigenvalue weighted by molar-refractivity contribution is 5.86. The van der Waals surface area contributed by atoms with Gasteiger partial charge in [-0.05, 0) is 0 Å². The van der Waals surface area contributed by atoms with E-state index in [1.807, 2.05) is 0 Å². The Morgan fingerprint density at radius 2 is 1.79 bits per heavy atom. The zero-order valence-electron chi connectivity index (χ0n) is 12.2. The predicted molar refractivity (Wildman–Crippen MR) is 78.5 cm³/mol. The van der Waals surface area contributed by atoms with Crippen molar-refractivity contribution < 1.29 is 39.8 Å². The van der Waals surface area contributed by atoms with E-state index in [-0.39, 0.29) is 16.5 Å². The summed E-state index contributed by atoms with van der Waals surface area (Å²) in [5, 5.41) is 59.3. The maximum Gasteiger partial charge on any atom is 0.196 e. The summed E-state index contributed by atoms with van der Waals surface area (Å²) in [6.45, 7) is -0.668. The van der Waals surface area contributed by atoms with Crippen LogP contribution in [0.25, 0.3) is 11.0 Å². The van der Waals surface area contributed by atoms with Crippen LogP contribution in [0.15, 0.2) is 27.6 Å². The molecule has 1 saturated heterocycles. The molecule has 3 rings (SSSR count). The van der Waals surface area contributed by atoms with Gasteiger partial charge in [-0.2, -0.15) is 0 Å². The second kappa shape index (κ2) is 6.04. The van der Waals surface area contributed by atoms with Crippen LogP contribution in [0.3, 0.4) is 0 Å². The molecule has 0 aliphatic carbocycles. The fourth-order valence-corrected chi connectivity index (χ4v) is 2.85. The number of ether oxygens (including phenoxy) is 1. The van der Waals surface area contributed by atoms with Crippen molar-refractivity contribution in [3.05, 3.63) is 34.2 Å². The molecule has 0 radical (unpaired) electrons. The number of benzene rings is 1. The van der Waals surface area contributed by atoms with Gasteiger partial charge in [0.15, 0.2) is 5.43 Å². The van der Waals surface area contributed by atoms with E-state index in [9.17, 15) is 35.4 Å². The summed E-state index contributed by atoms with van der Waals surface area (Å²) >= 11 is 0. The maximum atomic E-state index is 11.9. The molecule has 2 heterocycles. The number of hydrogen-bond acceptors (Lipinski definition) is 9. The van der Waals surface area contributed by atoms with E-state index in [0.717, 1.165) is 18.4 Å². The van der Waals surface area contributed by atoms with Crippen LogP contribution in [0, 0.1) is 0 Å². The zero-order chi connectivity index (χ0) is 17.6. The summed E-state index contributed by atoms with van der Waals surface area (Å²) < 4.78 is 10.4. The van der Waals surface area contributed by atoms with E-state index in [4.69, 9.17) is 9.15 Å². The average molecular weight is 340 g/mol. The highest BCUT2D eigenvalue weighted by atomic mass is 16.5. The fourth-order valence-electron chi connectivity index (χ4n) is 2.85. The fraction of sp³-hybridized carbons (Fsp3) is 0.400. The van der Waals surface area contributed by atoms with Gasteiger partial charge in [-0.3, -0.25) is 4.79 Å². The zero-order valence-corrected chi connectivity index (χ0v) is 12.2. The van der Waals surface area contributed by atoms with Crippen molar-refractivity contribution in [2.75, 3.05) is 6.61 Å². The molecule has 0 saturated carbocycles. The topological polar surface area (TPSA) is 161 Å². The highest BCUT2D eigenvalue weighted by Gasteiger charge is 2.46. The number of phenolic OH excluding ortho intramolecular Hbond substituents is 2. The van der Waals surface area contributed by atoms with Crippen molar-refractivity contribution in [3.63, 3.8) is 0 Å². The molecular formula is C15H16O9. The minimum atomic E-state index is -1.71. The lowest BCUT2D eigenvalue weighted by Crippen LogP contribution is -2.55. The summed E-state index contributed by atoms with van der Waals surface area (Å²) in [4.78, 5) is 11.9. The third-order valence-corrected chi connectivity index (χ3v) is 4.12. The molecule has 1 aromatic heterocycles. The molecule has 1 fully saturated rings. The van der Waals surface area contributed by atoms with Gasteiger partial charge in [-0.25, -0.2) is 0 Å².